The summed E-state index contributed by atoms with van der Waals surface area (Å²) in [5.74, 6) is -1.42. The van der Waals surface area contributed by atoms with Crippen LogP contribution in [0.1, 0.15) is 18.4 Å². The van der Waals surface area contributed by atoms with E-state index >= 15 is 0 Å². The fraction of sp³-hybridized carbons (Fsp3) is 0.417. The third-order valence-electron chi connectivity index (χ3n) is 2.31. The minimum atomic E-state index is -0.566. The highest BCUT2D eigenvalue weighted by Crippen LogP contribution is 2.10. The fourth-order valence-electron chi connectivity index (χ4n) is 1.41. The van der Waals surface area contributed by atoms with E-state index in [1.165, 1.54) is 0 Å². The molecule has 0 aliphatic heterocycles. The molecule has 0 aromatic heterocycles. The highest BCUT2D eigenvalue weighted by atomic mass is 19.1. The summed E-state index contributed by atoms with van der Waals surface area (Å²) < 4.78 is 26.0. The zero-order valence-electron chi connectivity index (χ0n) is 9.51. The molecule has 0 aliphatic carbocycles. The summed E-state index contributed by atoms with van der Waals surface area (Å²) in [5.41, 5.74) is 5.37. The molecule has 0 spiro atoms. The summed E-state index contributed by atoms with van der Waals surface area (Å²) in [4.78, 5) is 11.4. The predicted molar refractivity (Wildman–Crippen MR) is 61.4 cm³/mol. The van der Waals surface area contributed by atoms with Crippen molar-refractivity contribution in [2.45, 2.75) is 19.3 Å². The molecular formula is C12H16F2N2O. The number of hydrogen-bond donors (Lipinski definition) is 2. The maximum atomic E-state index is 13.2. The molecule has 0 atom stereocenters. The Hall–Kier alpha value is -1.49. The minimum absolute atomic E-state index is 0.0707. The van der Waals surface area contributed by atoms with Gasteiger partial charge in [0.1, 0.15) is 11.6 Å². The first kappa shape index (κ1) is 13.6. The Bertz CT molecular complexity index is 383. The van der Waals surface area contributed by atoms with Crippen LogP contribution in [0.25, 0.3) is 0 Å². The van der Waals surface area contributed by atoms with E-state index in [1.54, 1.807) is 0 Å². The molecule has 5 heteroatoms. The first-order valence-corrected chi connectivity index (χ1v) is 5.54. The zero-order chi connectivity index (χ0) is 12.7. The maximum absolute atomic E-state index is 13.2. The maximum Gasteiger partial charge on any atom is 0.224 e. The van der Waals surface area contributed by atoms with Crippen molar-refractivity contribution in [3.63, 3.8) is 0 Å². The second-order valence-electron chi connectivity index (χ2n) is 3.76. The van der Waals surface area contributed by atoms with Crippen molar-refractivity contribution in [1.82, 2.24) is 5.32 Å². The lowest BCUT2D eigenvalue weighted by atomic mass is 10.1. The third-order valence-corrected chi connectivity index (χ3v) is 2.31. The first-order chi connectivity index (χ1) is 8.13. The number of hydrogen-bond acceptors (Lipinski definition) is 2. The average Bonchev–Trinajstić information content (AvgIpc) is 2.29. The number of carbonyl (C=O) groups excluding carboxylic acids is 1. The summed E-state index contributed by atoms with van der Waals surface area (Å²) in [6.45, 7) is 1.08. The molecule has 0 heterocycles. The van der Waals surface area contributed by atoms with Crippen LogP contribution in [0.4, 0.5) is 8.78 Å². The van der Waals surface area contributed by atoms with Gasteiger partial charge in [0.05, 0.1) is 6.42 Å². The molecule has 3 nitrogen and oxygen atoms in total. The van der Waals surface area contributed by atoms with Gasteiger partial charge in [0, 0.05) is 12.1 Å². The summed E-state index contributed by atoms with van der Waals surface area (Å²) in [6, 6.07) is 3.08. The van der Waals surface area contributed by atoms with Crippen molar-refractivity contribution in [3.8, 4) is 0 Å². The van der Waals surface area contributed by atoms with Crippen molar-refractivity contribution in [2.24, 2.45) is 5.73 Å². The van der Waals surface area contributed by atoms with E-state index in [-0.39, 0.29) is 17.9 Å². The number of benzene rings is 1. The highest BCUT2D eigenvalue weighted by molar-refractivity contribution is 5.78. The molecule has 3 N–H and O–H groups in total. The lowest BCUT2D eigenvalue weighted by Gasteiger charge is -2.05. The van der Waals surface area contributed by atoms with Gasteiger partial charge in [-0.3, -0.25) is 4.79 Å². The molecule has 0 saturated heterocycles. The molecule has 0 saturated carbocycles. The number of halogens is 2. The molecule has 0 fully saturated rings. The van der Waals surface area contributed by atoms with Gasteiger partial charge in [-0.05, 0) is 37.6 Å². The molecular weight excluding hydrogens is 226 g/mol. The molecule has 0 bridgehead atoms. The second-order valence-corrected chi connectivity index (χ2v) is 3.76. The summed E-state index contributed by atoms with van der Waals surface area (Å²) in [6.07, 6.45) is 1.47. The number of carbonyl (C=O) groups is 1. The monoisotopic (exact) mass is 242 g/mol. The molecule has 94 valence electrons. The molecule has 0 radical (unpaired) electrons. The van der Waals surface area contributed by atoms with Crippen LogP contribution in [0.15, 0.2) is 18.2 Å². The fourth-order valence-corrected chi connectivity index (χ4v) is 1.41. The van der Waals surface area contributed by atoms with Gasteiger partial charge in [0.2, 0.25) is 5.91 Å². The summed E-state index contributed by atoms with van der Waals surface area (Å²) in [5, 5.41) is 2.63. The number of unbranched alkanes of at least 4 members (excludes halogenated alkanes) is 1. The van der Waals surface area contributed by atoms with E-state index in [2.05, 4.69) is 5.32 Å². The molecule has 1 amide bonds. The van der Waals surface area contributed by atoms with E-state index in [0.717, 1.165) is 31.0 Å². The van der Waals surface area contributed by atoms with E-state index in [1.807, 2.05) is 0 Å². The normalized spacial score (nSPS) is 10.3. The summed E-state index contributed by atoms with van der Waals surface area (Å²) >= 11 is 0. The van der Waals surface area contributed by atoms with Gasteiger partial charge in [-0.15, -0.1) is 0 Å². The number of nitrogens with one attached hydrogen (secondary N) is 1. The van der Waals surface area contributed by atoms with Gasteiger partial charge >= 0.3 is 0 Å². The van der Waals surface area contributed by atoms with Crippen molar-refractivity contribution < 1.29 is 13.6 Å². The minimum Gasteiger partial charge on any atom is -0.356 e. The second kappa shape index (κ2) is 6.96. The molecule has 0 aliphatic rings. The first-order valence-electron chi connectivity index (χ1n) is 5.54. The van der Waals surface area contributed by atoms with Crippen LogP contribution >= 0.6 is 0 Å². The van der Waals surface area contributed by atoms with Crippen LogP contribution in [-0.4, -0.2) is 19.0 Å². The van der Waals surface area contributed by atoms with Crippen LogP contribution < -0.4 is 11.1 Å². The van der Waals surface area contributed by atoms with Gasteiger partial charge in [-0.2, -0.15) is 0 Å². The van der Waals surface area contributed by atoms with E-state index < -0.39 is 11.6 Å². The Kier molecular flexibility index (Phi) is 5.56. The highest BCUT2D eigenvalue weighted by Gasteiger charge is 2.08. The molecule has 1 rings (SSSR count). The van der Waals surface area contributed by atoms with Crippen molar-refractivity contribution >= 4 is 5.91 Å². The Labute approximate surface area is 99.0 Å². The summed E-state index contributed by atoms with van der Waals surface area (Å²) in [7, 11) is 0. The predicted octanol–water partition coefficient (Wildman–Crippen LogP) is 1.36. The van der Waals surface area contributed by atoms with Gasteiger partial charge in [-0.1, -0.05) is 0 Å². The quantitative estimate of drug-likeness (QED) is 0.740. The van der Waals surface area contributed by atoms with Crippen LogP contribution in [0.3, 0.4) is 0 Å². The van der Waals surface area contributed by atoms with Gasteiger partial charge in [-0.25, -0.2) is 8.78 Å². The topological polar surface area (TPSA) is 55.1 Å². The number of rotatable bonds is 6. The molecule has 1 aromatic carbocycles. The van der Waals surface area contributed by atoms with Crippen molar-refractivity contribution in [2.75, 3.05) is 13.1 Å². The van der Waals surface area contributed by atoms with E-state index in [4.69, 9.17) is 5.73 Å². The smallest absolute Gasteiger partial charge is 0.224 e. The van der Waals surface area contributed by atoms with Crippen LogP contribution in [0.2, 0.25) is 0 Å². The van der Waals surface area contributed by atoms with Crippen LogP contribution in [-0.2, 0) is 11.2 Å². The largest absolute Gasteiger partial charge is 0.356 e. The SMILES string of the molecule is NCCCCNC(=O)Cc1cc(F)ccc1F. The lowest BCUT2D eigenvalue weighted by Crippen LogP contribution is -2.26. The molecule has 17 heavy (non-hydrogen) atoms. The third kappa shape index (κ3) is 4.91. The Morgan fingerprint density at radius 2 is 2.06 bits per heavy atom. The lowest BCUT2D eigenvalue weighted by molar-refractivity contribution is -0.120. The van der Waals surface area contributed by atoms with Gasteiger partial charge in [0.25, 0.3) is 0 Å². The average molecular weight is 242 g/mol. The van der Waals surface area contributed by atoms with Crippen molar-refractivity contribution in [3.05, 3.63) is 35.4 Å². The van der Waals surface area contributed by atoms with E-state index in [0.29, 0.717) is 13.1 Å². The zero-order valence-corrected chi connectivity index (χ0v) is 9.51. The van der Waals surface area contributed by atoms with Gasteiger partial charge in [0.15, 0.2) is 0 Å². The van der Waals surface area contributed by atoms with Crippen LogP contribution in [0, 0.1) is 11.6 Å². The van der Waals surface area contributed by atoms with E-state index in [9.17, 15) is 13.6 Å². The Morgan fingerprint density at radius 3 is 2.76 bits per heavy atom. The Morgan fingerprint density at radius 1 is 1.29 bits per heavy atom. The Balaban J connectivity index is 2.42. The van der Waals surface area contributed by atoms with Crippen molar-refractivity contribution in [1.29, 1.82) is 0 Å². The molecule has 1 aromatic rings. The standard InChI is InChI=1S/C12H16F2N2O/c13-10-3-4-11(14)9(7-10)8-12(17)16-6-2-1-5-15/h3-4,7H,1-2,5-6,8,15H2,(H,16,17). The number of amides is 1. The number of nitrogens with two attached hydrogens (primary N) is 1. The van der Waals surface area contributed by atoms with Gasteiger partial charge < -0.3 is 11.1 Å². The van der Waals surface area contributed by atoms with Crippen LogP contribution in [0.5, 0.6) is 0 Å². The molecule has 0 unspecified atom stereocenters.